The summed E-state index contributed by atoms with van der Waals surface area (Å²) < 4.78 is 6.01. The van der Waals surface area contributed by atoms with Gasteiger partial charge in [-0.25, -0.2) is 0 Å². The van der Waals surface area contributed by atoms with Crippen LogP contribution in [0.15, 0.2) is 48.3 Å². The second-order valence-electron chi connectivity index (χ2n) is 15.7. The smallest absolute Gasteiger partial charge is 0.111 e. The molecular weight excluding hydrogens is 575 g/mol. The van der Waals surface area contributed by atoms with Gasteiger partial charge < -0.3 is 25.4 Å². The maximum Gasteiger partial charge on any atom is 0.111 e. The van der Waals surface area contributed by atoms with E-state index in [-0.39, 0.29) is 40.2 Å². The van der Waals surface area contributed by atoms with Crippen LogP contribution in [-0.4, -0.2) is 57.3 Å². The Bertz CT molecular complexity index is 1380. The number of rotatable bonds is 1. The van der Waals surface area contributed by atoms with E-state index in [4.69, 9.17) is 4.74 Å². The number of aliphatic hydroxyl groups excluding tert-OH is 2. The van der Waals surface area contributed by atoms with E-state index in [1.54, 1.807) is 7.11 Å². The first-order chi connectivity index (χ1) is 20.8. The number of hydrogen-bond acceptors (Lipinski definition) is 7. The van der Waals surface area contributed by atoms with Crippen LogP contribution in [0.2, 0.25) is 0 Å². The van der Waals surface area contributed by atoms with Crippen LogP contribution in [0.5, 0.6) is 0 Å². The second-order valence-corrected chi connectivity index (χ2v) is 18.4. The molecule has 8 aliphatic rings. The zero-order valence-corrected chi connectivity index (χ0v) is 27.1. The molecule has 1 aromatic carbocycles. The SMILES string of the molecule is COC1C=C(O)C2C3CC4CCC56CC7CSSC8CCCC(O)C8Nc8cccc(c8)CC7C5C=CCC4(C12O)C36C. The van der Waals surface area contributed by atoms with Crippen molar-refractivity contribution in [3.63, 3.8) is 0 Å². The molecule has 0 saturated heterocycles. The van der Waals surface area contributed by atoms with Gasteiger partial charge in [0.05, 0.1) is 23.8 Å². The summed E-state index contributed by atoms with van der Waals surface area (Å²) >= 11 is 0. The molecule has 232 valence electrons. The molecule has 5 nitrogen and oxygen atoms in total. The lowest BCUT2D eigenvalue weighted by Gasteiger charge is -2.63. The van der Waals surface area contributed by atoms with Crippen LogP contribution in [0.4, 0.5) is 5.69 Å². The minimum Gasteiger partial charge on any atom is -0.512 e. The molecule has 5 saturated carbocycles. The monoisotopic (exact) mass is 621 g/mol. The minimum absolute atomic E-state index is 0.0593. The van der Waals surface area contributed by atoms with Crippen molar-refractivity contribution in [2.75, 3.05) is 18.2 Å². The van der Waals surface area contributed by atoms with Gasteiger partial charge in [-0.3, -0.25) is 0 Å². The summed E-state index contributed by atoms with van der Waals surface area (Å²) in [7, 11) is 5.79. The Balaban J connectivity index is 1.15. The summed E-state index contributed by atoms with van der Waals surface area (Å²) in [4.78, 5) is 0. The molecule has 43 heavy (non-hydrogen) atoms. The molecule has 1 heterocycles. The Labute approximate surface area is 264 Å². The Morgan fingerprint density at radius 3 is 2.91 bits per heavy atom. The van der Waals surface area contributed by atoms with Crippen molar-refractivity contribution in [1.82, 2.24) is 0 Å². The van der Waals surface area contributed by atoms with Gasteiger partial charge in [0.1, 0.15) is 11.7 Å². The van der Waals surface area contributed by atoms with Gasteiger partial charge in [-0.2, -0.15) is 0 Å². The Kier molecular flexibility index (Phi) is 6.19. The zero-order valence-electron chi connectivity index (χ0n) is 25.5. The van der Waals surface area contributed by atoms with E-state index in [9.17, 15) is 15.3 Å². The highest BCUT2D eigenvalue weighted by Crippen LogP contribution is 2.89. The van der Waals surface area contributed by atoms with Gasteiger partial charge in [-0.1, -0.05) is 52.8 Å². The van der Waals surface area contributed by atoms with Gasteiger partial charge >= 0.3 is 0 Å². The third-order valence-corrected chi connectivity index (χ3v) is 18.0. The lowest BCUT2D eigenvalue weighted by molar-refractivity contribution is -0.228. The van der Waals surface area contributed by atoms with Crippen LogP contribution >= 0.6 is 21.6 Å². The van der Waals surface area contributed by atoms with Crippen LogP contribution in [0, 0.1) is 51.8 Å². The summed E-state index contributed by atoms with van der Waals surface area (Å²) in [5.41, 5.74) is 1.26. The predicted molar refractivity (Wildman–Crippen MR) is 174 cm³/mol. The number of ether oxygens (including phenoxy) is 1. The Hall–Kier alpha value is -1.12. The highest BCUT2D eigenvalue weighted by Gasteiger charge is 2.89. The molecule has 7 bridgehead atoms. The Morgan fingerprint density at radius 2 is 2.05 bits per heavy atom. The van der Waals surface area contributed by atoms with Crippen molar-refractivity contribution < 1.29 is 20.1 Å². The van der Waals surface area contributed by atoms with Gasteiger partial charge in [0.15, 0.2) is 0 Å². The number of nitrogens with one attached hydrogen (secondary N) is 1. The molecule has 1 aromatic rings. The van der Waals surface area contributed by atoms with Crippen molar-refractivity contribution in [3.05, 3.63) is 53.8 Å². The molecule has 1 spiro atoms. The van der Waals surface area contributed by atoms with Crippen molar-refractivity contribution in [1.29, 1.82) is 0 Å². The second kappa shape index (κ2) is 9.47. The lowest BCUT2D eigenvalue weighted by Crippen LogP contribution is -2.65. The molecule has 9 rings (SSSR count). The maximum atomic E-state index is 13.0. The van der Waals surface area contributed by atoms with Crippen LogP contribution in [0.3, 0.4) is 0 Å². The Morgan fingerprint density at radius 1 is 1.16 bits per heavy atom. The third-order valence-electron chi connectivity index (χ3n) is 14.9. The molecule has 0 radical (unpaired) electrons. The van der Waals surface area contributed by atoms with Gasteiger partial charge in [0.25, 0.3) is 0 Å². The standard InChI is InChI=1S/C36H47NO4S2/c1-33-26-16-22-11-13-34(33)18-21-19-42-43-29-10-4-9-27(38)32(29)37-23-7-3-6-20(14-23)15-24(21)25(34)8-5-12-35(22,33)36(40)30(41-2)17-28(39)31(26)36/h3,5-8,14,17,21-22,24-27,29-32,37-40H,4,9-13,15-16,18-19H2,1-2H3. The van der Waals surface area contributed by atoms with Gasteiger partial charge in [0, 0.05) is 29.2 Å². The molecule has 0 amide bonds. The average Bonchev–Trinajstić information content (AvgIpc) is 3.54. The van der Waals surface area contributed by atoms with Gasteiger partial charge in [-0.05, 0) is 122 Å². The largest absolute Gasteiger partial charge is 0.512 e. The molecule has 4 N–H and O–H groups in total. The summed E-state index contributed by atoms with van der Waals surface area (Å²) in [5, 5.41) is 39.5. The number of benzene rings is 1. The van der Waals surface area contributed by atoms with Crippen LogP contribution < -0.4 is 5.32 Å². The van der Waals surface area contributed by atoms with Crippen LogP contribution in [0.1, 0.15) is 63.9 Å². The first-order valence-corrected chi connectivity index (χ1v) is 19.3. The fourth-order valence-corrected chi connectivity index (χ4v) is 16.9. The van der Waals surface area contributed by atoms with E-state index in [1.165, 1.54) is 24.8 Å². The number of anilines is 1. The molecule has 0 aromatic heterocycles. The van der Waals surface area contributed by atoms with Gasteiger partial charge in [0.2, 0.25) is 0 Å². The third kappa shape index (κ3) is 3.25. The van der Waals surface area contributed by atoms with E-state index >= 15 is 0 Å². The molecular formula is C36H47NO4S2. The highest BCUT2D eigenvalue weighted by atomic mass is 33.1. The fourth-order valence-electron chi connectivity index (χ4n) is 13.6. The normalized spacial score (nSPS) is 54.2. The fraction of sp³-hybridized carbons (Fsp3) is 0.722. The predicted octanol–water partition coefficient (Wildman–Crippen LogP) is 6.77. The quantitative estimate of drug-likeness (QED) is 0.204. The highest BCUT2D eigenvalue weighted by molar-refractivity contribution is 8.77. The lowest BCUT2D eigenvalue weighted by atomic mass is 9.41. The van der Waals surface area contributed by atoms with Crippen molar-refractivity contribution >= 4 is 27.3 Å². The molecule has 7 aliphatic carbocycles. The number of hydrogen-bond donors (Lipinski definition) is 4. The molecule has 14 unspecified atom stereocenters. The van der Waals surface area contributed by atoms with Crippen LogP contribution in [0.25, 0.3) is 0 Å². The van der Waals surface area contributed by atoms with E-state index < -0.39 is 11.7 Å². The van der Waals surface area contributed by atoms with Crippen molar-refractivity contribution in [2.24, 2.45) is 51.8 Å². The van der Waals surface area contributed by atoms with E-state index in [0.29, 0.717) is 34.7 Å². The van der Waals surface area contributed by atoms with E-state index in [2.05, 4.69) is 59.5 Å². The first-order valence-electron chi connectivity index (χ1n) is 16.9. The first kappa shape index (κ1) is 28.1. The maximum absolute atomic E-state index is 13.0. The van der Waals surface area contributed by atoms with E-state index in [1.807, 2.05) is 16.9 Å². The average molecular weight is 622 g/mol. The summed E-state index contributed by atoms with van der Waals surface area (Å²) in [6.45, 7) is 2.57. The number of methoxy groups -OCH3 is 1. The number of fused-ring (bicyclic) bond motifs is 7. The van der Waals surface area contributed by atoms with E-state index in [0.717, 1.165) is 50.0 Å². The van der Waals surface area contributed by atoms with Crippen LogP contribution in [-0.2, 0) is 11.2 Å². The summed E-state index contributed by atoms with van der Waals surface area (Å²) in [6.07, 6.45) is 16.0. The number of allylic oxidation sites excluding steroid dienone is 2. The molecule has 1 aliphatic heterocycles. The van der Waals surface area contributed by atoms with Crippen molar-refractivity contribution in [3.8, 4) is 0 Å². The minimum atomic E-state index is -1.05. The number of aliphatic hydroxyl groups is 3. The summed E-state index contributed by atoms with van der Waals surface area (Å²) in [5.74, 6) is 3.67. The zero-order chi connectivity index (χ0) is 29.4. The van der Waals surface area contributed by atoms with Crippen molar-refractivity contribution in [2.45, 2.75) is 93.8 Å². The summed E-state index contributed by atoms with van der Waals surface area (Å²) in [6, 6.07) is 9.14. The molecule has 7 heteroatoms. The topological polar surface area (TPSA) is 82.0 Å². The molecule has 5 fully saturated rings. The van der Waals surface area contributed by atoms with Gasteiger partial charge in [-0.15, -0.1) is 0 Å². The molecule has 14 atom stereocenters.